The summed E-state index contributed by atoms with van der Waals surface area (Å²) in [5, 5.41) is 7.25. The smallest absolute Gasteiger partial charge is 0.306 e. The topological polar surface area (TPSA) is 89.5 Å². The number of carbonyl (C=O) groups is 2. The van der Waals surface area contributed by atoms with E-state index < -0.39 is 12.2 Å². The van der Waals surface area contributed by atoms with E-state index in [0.29, 0.717) is 42.3 Å². The van der Waals surface area contributed by atoms with Gasteiger partial charge in [0, 0.05) is 49.6 Å². The lowest BCUT2D eigenvalue weighted by atomic mass is 10.0. The highest BCUT2D eigenvalue weighted by atomic mass is 79.9. The molecule has 7 rings (SSSR count). The molecule has 0 aliphatic rings. The van der Waals surface area contributed by atoms with Crippen molar-refractivity contribution in [1.82, 2.24) is 0 Å². The Bertz CT molecular complexity index is 2490. The number of hydrogen-bond acceptors (Lipinski definition) is 8. The Morgan fingerprint density at radius 2 is 0.877 bits per heavy atom. The molecule has 0 radical (unpaired) electrons. The third-order valence-corrected chi connectivity index (χ3v) is 10.1. The van der Waals surface area contributed by atoms with Gasteiger partial charge in [0.25, 0.3) is 0 Å². The minimum atomic E-state index is -0.694. The van der Waals surface area contributed by atoms with Crippen LogP contribution in [0.1, 0.15) is 39.5 Å². The minimum Gasteiger partial charge on any atom is -0.489 e. The number of halogens is 1. The number of esters is 2. The largest absolute Gasteiger partial charge is 0.489 e. The molecule has 0 amide bonds. The zero-order valence-corrected chi connectivity index (χ0v) is 33.7. The van der Waals surface area contributed by atoms with Crippen molar-refractivity contribution < 1.29 is 38.0 Å². The van der Waals surface area contributed by atoms with Gasteiger partial charge in [-0.2, -0.15) is 0 Å². The van der Waals surface area contributed by atoms with Crippen LogP contribution in [0.4, 0.5) is 0 Å². The number of hydrogen-bond donors (Lipinski definition) is 0. The number of carbonyl (C=O) groups excluding carboxylic acids is 2. The van der Waals surface area contributed by atoms with Gasteiger partial charge in [0.2, 0.25) is 0 Å². The number of ether oxygens (including phenoxy) is 6. The molecule has 0 heterocycles. The van der Waals surface area contributed by atoms with Gasteiger partial charge in [0.05, 0.1) is 0 Å². The first-order chi connectivity index (χ1) is 27.9. The van der Waals surface area contributed by atoms with Crippen molar-refractivity contribution in [3.63, 3.8) is 0 Å². The molecule has 0 N–H and O–H groups in total. The summed E-state index contributed by atoms with van der Waals surface area (Å²) in [6.45, 7) is 4.18. The minimum absolute atomic E-state index is 0.0486. The summed E-state index contributed by atoms with van der Waals surface area (Å²) in [6, 6.07) is 41.5. The maximum Gasteiger partial charge on any atom is 0.306 e. The van der Waals surface area contributed by atoms with Gasteiger partial charge in [-0.3, -0.25) is 9.59 Å². The second kappa shape index (κ2) is 18.9. The molecule has 2 atom stereocenters. The molecule has 57 heavy (non-hydrogen) atoms. The molecule has 0 spiro atoms. The van der Waals surface area contributed by atoms with E-state index in [2.05, 4.69) is 15.9 Å². The van der Waals surface area contributed by atoms with Crippen LogP contribution in [0.15, 0.2) is 132 Å². The normalized spacial score (nSPS) is 12.3. The Morgan fingerprint density at radius 1 is 0.474 bits per heavy atom. The molecule has 0 aliphatic heterocycles. The molecule has 0 bridgehead atoms. The number of fused-ring (bicyclic) bond motifs is 4. The Labute approximate surface area is 340 Å². The monoisotopic (exact) mass is 828 g/mol. The quantitative estimate of drug-likeness (QED) is 0.0624. The highest BCUT2D eigenvalue weighted by Crippen LogP contribution is 2.44. The maximum atomic E-state index is 12.8. The third kappa shape index (κ3) is 9.60. The molecule has 0 fully saturated rings. The zero-order chi connectivity index (χ0) is 39.6. The summed E-state index contributed by atoms with van der Waals surface area (Å²) in [7, 11) is 0. The molecule has 9 heteroatoms. The Hall–Kier alpha value is -5.80. The van der Waals surface area contributed by atoms with Crippen LogP contribution in [0.2, 0.25) is 0 Å². The molecule has 7 aromatic carbocycles. The van der Waals surface area contributed by atoms with Crippen molar-refractivity contribution in [2.45, 2.75) is 51.7 Å². The molecule has 7 aromatic rings. The van der Waals surface area contributed by atoms with E-state index in [1.54, 1.807) is 0 Å². The second-order valence-corrected chi connectivity index (χ2v) is 14.7. The van der Waals surface area contributed by atoms with Crippen molar-refractivity contribution in [2.24, 2.45) is 0 Å². The van der Waals surface area contributed by atoms with Crippen molar-refractivity contribution in [3.8, 4) is 23.0 Å². The summed E-state index contributed by atoms with van der Waals surface area (Å²) >= 11 is 3.66. The first-order valence-electron chi connectivity index (χ1n) is 19.4. The molecular weight excluding hydrogens is 784 g/mol. The van der Waals surface area contributed by atoms with E-state index in [1.807, 2.05) is 141 Å². The maximum absolute atomic E-state index is 12.8. The molecule has 2 unspecified atom stereocenters. The first-order valence-corrected chi connectivity index (χ1v) is 20.2. The van der Waals surface area contributed by atoms with E-state index in [0.717, 1.165) is 47.6 Å². The summed E-state index contributed by atoms with van der Waals surface area (Å²) < 4.78 is 38.6. The Morgan fingerprint density at radius 3 is 1.37 bits per heavy atom. The second-order valence-electron chi connectivity index (χ2n) is 13.8. The molecule has 0 saturated heterocycles. The molecular formula is C48H45BrO8. The van der Waals surface area contributed by atoms with Crippen LogP contribution in [0.5, 0.6) is 23.0 Å². The van der Waals surface area contributed by atoms with Crippen LogP contribution in [-0.2, 0) is 19.1 Å². The number of benzene rings is 7. The summed E-state index contributed by atoms with van der Waals surface area (Å²) in [4.78, 5) is 25.6. The van der Waals surface area contributed by atoms with Crippen LogP contribution >= 0.6 is 15.9 Å². The van der Waals surface area contributed by atoms with Crippen LogP contribution in [0, 0.1) is 0 Å². The van der Waals surface area contributed by atoms with Crippen molar-refractivity contribution in [3.05, 3.63) is 132 Å². The SMILES string of the molecule is CCCC(=O)OC(COc1cccc2ccccc12)COc1c2ccccc2c(OCC(COc2cccc3ccccc23)OC(=O)CCC)c2cc(Br)ccc12. The third-order valence-electron chi connectivity index (χ3n) is 9.57. The van der Waals surface area contributed by atoms with E-state index in [4.69, 9.17) is 28.4 Å². The summed E-state index contributed by atoms with van der Waals surface area (Å²) in [5.74, 6) is 2.01. The van der Waals surface area contributed by atoms with Gasteiger partial charge in [0.1, 0.15) is 49.4 Å². The van der Waals surface area contributed by atoms with Gasteiger partial charge in [-0.25, -0.2) is 0 Å². The van der Waals surface area contributed by atoms with Crippen LogP contribution in [0.25, 0.3) is 43.1 Å². The van der Waals surface area contributed by atoms with Gasteiger partial charge in [-0.1, -0.05) is 127 Å². The van der Waals surface area contributed by atoms with Crippen LogP contribution in [-0.4, -0.2) is 50.6 Å². The predicted molar refractivity (Wildman–Crippen MR) is 229 cm³/mol. The van der Waals surface area contributed by atoms with Gasteiger partial charge >= 0.3 is 11.9 Å². The molecule has 8 nitrogen and oxygen atoms in total. The molecule has 0 aromatic heterocycles. The van der Waals surface area contributed by atoms with E-state index in [1.165, 1.54) is 0 Å². The lowest BCUT2D eigenvalue weighted by molar-refractivity contribution is -0.153. The van der Waals surface area contributed by atoms with Gasteiger partial charge in [-0.15, -0.1) is 0 Å². The fraction of sp³-hybridized carbons (Fsp3) is 0.250. The molecule has 0 saturated carbocycles. The fourth-order valence-electron chi connectivity index (χ4n) is 6.87. The van der Waals surface area contributed by atoms with Crippen LogP contribution < -0.4 is 18.9 Å². The van der Waals surface area contributed by atoms with Crippen LogP contribution in [0.3, 0.4) is 0 Å². The predicted octanol–water partition coefficient (Wildman–Crippen LogP) is 11.4. The first kappa shape index (κ1) is 39.4. The highest BCUT2D eigenvalue weighted by molar-refractivity contribution is 9.10. The average molecular weight is 830 g/mol. The van der Waals surface area contributed by atoms with Crippen molar-refractivity contribution in [2.75, 3.05) is 26.4 Å². The zero-order valence-electron chi connectivity index (χ0n) is 32.1. The average Bonchev–Trinajstić information content (AvgIpc) is 3.23. The van der Waals surface area contributed by atoms with E-state index in [-0.39, 0.29) is 44.8 Å². The number of rotatable bonds is 18. The standard InChI is InChI=1S/C48H45BrO8/c1-3-13-45(50)56-35(28-52-43-23-11-17-32-15-5-7-19-37(32)43)30-54-47-39-21-9-10-22-40(39)48(42-27-34(49)25-26-41(42)47)55-31-36(57-46(51)14-4-2)29-53-44-24-12-18-33-16-6-8-20-38(33)44/h5-12,15-27,35-36H,3-4,13-14,28-31H2,1-2H3. The van der Waals surface area contributed by atoms with Crippen molar-refractivity contribution in [1.29, 1.82) is 0 Å². The summed E-state index contributed by atoms with van der Waals surface area (Å²) in [6.07, 6.45) is 0.519. The highest BCUT2D eigenvalue weighted by Gasteiger charge is 2.23. The Balaban J connectivity index is 1.17. The Kier molecular flexibility index (Phi) is 13.1. The van der Waals surface area contributed by atoms with Gasteiger partial charge < -0.3 is 28.4 Å². The fourth-order valence-corrected chi connectivity index (χ4v) is 7.24. The molecule has 0 aliphatic carbocycles. The lowest BCUT2D eigenvalue weighted by Crippen LogP contribution is -2.31. The van der Waals surface area contributed by atoms with E-state index in [9.17, 15) is 9.59 Å². The molecule has 292 valence electrons. The van der Waals surface area contributed by atoms with Crippen molar-refractivity contribution >= 4 is 71.0 Å². The van der Waals surface area contributed by atoms with Gasteiger partial charge in [0.15, 0.2) is 12.2 Å². The van der Waals surface area contributed by atoms with Gasteiger partial charge in [-0.05, 0) is 53.9 Å². The lowest BCUT2D eigenvalue weighted by Gasteiger charge is -2.23. The summed E-state index contributed by atoms with van der Waals surface area (Å²) in [5.41, 5.74) is 0. The van der Waals surface area contributed by atoms with E-state index >= 15 is 0 Å².